The summed E-state index contributed by atoms with van der Waals surface area (Å²) in [5.41, 5.74) is 0.768. The number of anilines is 1. The Morgan fingerprint density at radius 1 is 1.03 bits per heavy atom. The number of thiophene rings is 1. The third kappa shape index (κ3) is 6.41. The van der Waals surface area contributed by atoms with Crippen LogP contribution in [0.15, 0.2) is 47.8 Å². The first kappa shape index (κ1) is 22.0. The second kappa shape index (κ2) is 11.5. The van der Waals surface area contributed by atoms with Crippen LogP contribution in [0.4, 0.5) is 5.69 Å². The minimum absolute atomic E-state index is 0.0367. The topological polar surface area (TPSA) is 67.6 Å². The molecule has 0 atom stereocenters. The van der Waals surface area contributed by atoms with Crippen molar-refractivity contribution < 1.29 is 9.59 Å². The molecular weight excluding hydrogens is 396 g/mol. The molecule has 7 heteroatoms. The molecule has 30 heavy (non-hydrogen) atoms. The number of hydrogen-bond acceptors (Lipinski definition) is 5. The van der Waals surface area contributed by atoms with Crippen molar-refractivity contribution in [2.75, 3.05) is 37.6 Å². The molecule has 2 aromatic rings. The van der Waals surface area contributed by atoms with Crippen LogP contribution in [0.25, 0.3) is 0 Å². The molecule has 3 rings (SSSR count). The summed E-state index contributed by atoms with van der Waals surface area (Å²) in [5, 5.41) is 11.0. The average Bonchev–Trinajstić information content (AvgIpc) is 3.17. The largest absolute Gasteiger partial charge is 0.341 e. The van der Waals surface area contributed by atoms with Gasteiger partial charge in [-0.1, -0.05) is 24.3 Å². The molecule has 1 aliphatic rings. The zero-order valence-electron chi connectivity index (χ0n) is 17.2. The van der Waals surface area contributed by atoms with Gasteiger partial charge >= 0.3 is 0 Å². The van der Waals surface area contributed by atoms with Gasteiger partial charge in [0.15, 0.2) is 0 Å². The van der Waals surface area contributed by atoms with Gasteiger partial charge in [0.2, 0.25) is 11.8 Å². The normalized spacial score (nSPS) is 14.7. The summed E-state index contributed by atoms with van der Waals surface area (Å²) in [4.78, 5) is 32.8. The molecule has 0 aliphatic carbocycles. The Labute approximate surface area is 182 Å². The zero-order valence-corrected chi connectivity index (χ0v) is 18.0. The van der Waals surface area contributed by atoms with Crippen molar-refractivity contribution in [3.63, 3.8) is 0 Å². The summed E-state index contributed by atoms with van der Waals surface area (Å²) in [5.74, 6) is -0.0754. The molecule has 0 saturated carbocycles. The van der Waals surface area contributed by atoms with E-state index >= 15 is 0 Å². The minimum Gasteiger partial charge on any atom is -0.341 e. The van der Waals surface area contributed by atoms with E-state index < -0.39 is 0 Å². The number of hydrogen-bond donors (Lipinski definition) is 0. The highest BCUT2D eigenvalue weighted by Gasteiger charge is 2.22. The minimum atomic E-state index is -0.112. The molecule has 1 aromatic carbocycles. The van der Waals surface area contributed by atoms with Crippen LogP contribution in [0.3, 0.4) is 0 Å². The number of carbonyl (C=O) groups is 2. The van der Waals surface area contributed by atoms with E-state index in [1.807, 2.05) is 35.2 Å². The number of rotatable bonds is 8. The van der Waals surface area contributed by atoms with Crippen LogP contribution >= 0.6 is 11.3 Å². The Bertz CT molecular complexity index is 848. The monoisotopic (exact) mass is 424 g/mol. The molecule has 0 spiro atoms. The summed E-state index contributed by atoms with van der Waals surface area (Å²) < 4.78 is 0. The van der Waals surface area contributed by atoms with Crippen molar-refractivity contribution in [1.82, 2.24) is 9.80 Å². The van der Waals surface area contributed by atoms with Crippen molar-refractivity contribution >= 4 is 28.8 Å². The van der Waals surface area contributed by atoms with Crippen molar-refractivity contribution in [1.29, 1.82) is 5.26 Å². The van der Waals surface area contributed by atoms with E-state index in [2.05, 4.69) is 28.5 Å². The van der Waals surface area contributed by atoms with Gasteiger partial charge in [0.25, 0.3) is 0 Å². The standard InChI is InChI=1S/C23H28N4O2S/c24-12-5-15-27(20-7-2-1-3-8-20)23(29)11-10-22(28)26-14-6-13-25(16-17-26)19-21-9-4-18-30-21/h1-4,7-9,18H,5-6,10-11,13-17,19H2. The molecule has 6 nitrogen and oxygen atoms in total. The maximum atomic E-state index is 12.8. The van der Waals surface area contributed by atoms with E-state index in [4.69, 9.17) is 5.26 Å². The quantitative estimate of drug-likeness (QED) is 0.650. The lowest BCUT2D eigenvalue weighted by atomic mass is 10.2. The van der Waals surface area contributed by atoms with Gasteiger partial charge in [-0.05, 0) is 30.0 Å². The zero-order chi connectivity index (χ0) is 21.2. The van der Waals surface area contributed by atoms with E-state index in [1.54, 1.807) is 16.2 Å². The number of benzene rings is 1. The fourth-order valence-corrected chi connectivity index (χ4v) is 4.42. The first-order chi connectivity index (χ1) is 14.7. The van der Waals surface area contributed by atoms with E-state index in [0.717, 1.165) is 38.3 Å². The van der Waals surface area contributed by atoms with Crippen molar-refractivity contribution in [3.05, 3.63) is 52.7 Å². The molecule has 0 bridgehead atoms. The lowest BCUT2D eigenvalue weighted by molar-refractivity contribution is -0.133. The predicted octanol–water partition coefficient (Wildman–Crippen LogP) is 3.51. The molecule has 2 heterocycles. The summed E-state index contributed by atoms with van der Waals surface area (Å²) in [6.45, 7) is 4.56. The highest BCUT2D eigenvalue weighted by atomic mass is 32.1. The molecular formula is C23H28N4O2S. The average molecular weight is 425 g/mol. The van der Waals surface area contributed by atoms with E-state index in [-0.39, 0.29) is 31.1 Å². The Hall–Kier alpha value is -2.69. The van der Waals surface area contributed by atoms with Gasteiger partial charge in [-0.25, -0.2) is 0 Å². The summed E-state index contributed by atoms with van der Waals surface area (Å²) in [6, 6.07) is 15.6. The first-order valence-electron chi connectivity index (χ1n) is 10.4. The predicted molar refractivity (Wildman–Crippen MR) is 119 cm³/mol. The second-order valence-electron chi connectivity index (χ2n) is 7.38. The van der Waals surface area contributed by atoms with Crippen LogP contribution in [-0.2, 0) is 16.1 Å². The molecule has 1 saturated heterocycles. The smallest absolute Gasteiger partial charge is 0.227 e. The van der Waals surface area contributed by atoms with Gasteiger partial charge in [-0.3, -0.25) is 14.5 Å². The van der Waals surface area contributed by atoms with Crippen LogP contribution in [0.5, 0.6) is 0 Å². The third-order valence-corrected chi connectivity index (χ3v) is 6.13. The maximum Gasteiger partial charge on any atom is 0.227 e. The molecule has 158 valence electrons. The van der Waals surface area contributed by atoms with Gasteiger partial charge in [0, 0.05) is 62.7 Å². The molecule has 0 unspecified atom stereocenters. The van der Waals surface area contributed by atoms with Crippen molar-refractivity contribution in [3.8, 4) is 6.07 Å². The number of nitriles is 1. The fraction of sp³-hybridized carbons (Fsp3) is 0.435. The maximum absolute atomic E-state index is 12.8. The van der Waals surface area contributed by atoms with Gasteiger partial charge in [0.1, 0.15) is 0 Å². The van der Waals surface area contributed by atoms with E-state index in [1.165, 1.54) is 4.88 Å². The van der Waals surface area contributed by atoms with Crippen molar-refractivity contribution in [2.45, 2.75) is 32.2 Å². The number of amides is 2. The lowest BCUT2D eigenvalue weighted by Crippen LogP contribution is -2.37. The van der Waals surface area contributed by atoms with Crippen LogP contribution in [-0.4, -0.2) is 54.3 Å². The van der Waals surface area contributed by atoms with Crippen LogP contribution in [0.1, 0.15) is 30.6 Å². The Balaban J connectivity index is 1.50. The highest BCUT2D eigenvalue weighted by molar-refractivity contribution is 7.09. The first-order valence-corrected chi connectivity index (χ1v) is 11.3. The van der Waals surface area contributed by atoms with Gasteiger partial charge in [0.05, 0.1) is 12.5 Å². The van der Waals surface area contributed by atoms with E-state index in [9.17, 15) is 9.59 Å². The summed E-state index contributed by atoms with van der Waals surface area (Å²) in [6.07, 6.45) is 1.58. The Kier molecular flexibility index (Phi) is 8.42. The second-order valence-corrected chi connectivity index (χ2v) is 8.41. The molecule has 1 aromatic heterocycles. The molecule has 2 amide bonds. The van der Waals surface area contributed by atoms with Crippen LogP contribution < -0.4 is 4.90 Å². The Morgan fingerprint density at radius 3 is 2.60 bits per heavy atom. The molecule has 0 radical (unpaired) electrons. The van der Waals surface area contributed by atoms with Crippen LogP contribution in [0.2, 0.25) is 0 Å². The number of carbonyl (C=O) groups excluding carboxylic acids is 2. The lowest BCUT2D eigenvalue weighted by Gasteiger charge is -2.24. The molecule has 0 N–H and O–H groups in total. The van der Waals surface area contributed by atoms with Crippen molar-refractivity contribution in [2.24, 2.45) is 0 Å². The van der Waals surface area contributed by atoms with Gasteiger partial charge < -0.3 is 9.80 Å². The fourth-order valence-electron chi connectivity index (χ4n) is 3.68. The highest BCUT2D eigenvalue weighted by Crippen LogP contribution is 2.17. The number of nitrogens with zero attached hydrogens (tertiary/aromatic N) is 4. The van der Waals surface area contributed by atoms with Gasteiger partial charge in [-0.2, -0.15) is 5.26 Å². The molecule has 1 fully saturated rings. The SMILES string of the molecule is N#CCCN(C(=O)CCC(=O)N1CCCN(Cc2cccs2)CC1)c1ccccc1. The van der Waals surface area contributed by atoms with Gasteiger partial charge in [-0.15, -0.1) is 11.3 Å². The summed E-state index contributed by atoms with van der Waals surface area (Å²) in [7, 11) is 0. The molecule has 1 aliphatic heterocycles. The third-order valence-electron chi connectivity index (χ3n) is 5.27. The number of para-hydroxylation sites is 1. The van der Waals surface area contributed by atoms with Crippen LogP contribution in [0, 0.1) is 11.3 Å². The van der Waals surface area contributed by atoms with E-state index in [0.29, 0.717) is 13.1 Å². The summed E-state index contributed by atoms with van der Waals surface area (Å²) >= 11 is 1.76. The Morgan fingerprint density at radius 2 is 1.87 bits per heavy atom.